The molecule has 0 atom stereocenters. The highest BCUT2D eigenvalue weighted by Crippen LogP contribution is 2.48. The van der Waals surface area contributed by atoms with E-state index in [1.807, 2.05) is 12.1 Å². The Bertz CT molecular complexity index is 403. The molecule has 0 unspecified atom stereocenters. The quantitative estimate of drug-likeness (QED) is 0.424. The molecule has 4 nitrogen and oxygen atoms in total. The molecule has 1 aliphatic carbocycles. The van der Waals surface area contributed by atoms with E-state index in [0.717, 1.165) is 12.2 Å². The average Bonchev–Trinajstić information content (AvgIpc) is 3.09. The highest BCUT2D eigenvalue weighted by atomic mass is 16.5. The van der Waals surface area contributed by atoms with Crippen molar-refractivity contribution < 1.29 is 4.74 Å². The summed E-state index contributed by atoms with van der Waals surface area (Å²) in [5, 5.41) is 3.54. The maximum atomic E-state index is 8.23. The van der Waals surface area contributed by atoms with Crippen LogP contribution in [0.2, 0.25) is 0 Å². The van der Waals surface area contributed by atoms with Gasteiger partial charge in [-0.3, -0.25) is 0 Å². The van der Waals surface area contributed by atoms with Crippen molar-refractivity contribution in [2.24, 2.45) is 5.11 Å². The number of rotatable bonds is 5. The molecule has 2 rings (SSSR count). The molecule has 0 radical (unpaired) electrons. The number of hydrogen-bond acceptors (Lipinski definition) is 2. The highest BCUT2D eigenvalue weighted by molar-refractivity contribution is 5.33. The third-order valence-electron chi connectivity index (χ3n) is 3.16. The Hall–Kier alpha value is -1.51. The Morgan fingerprint density at radius 1 is 1.38 bits per heavy atom. The topological polar surface area (TPSA) is 58.0 Å². The Kier molecular flexibility index (Phi) is 3.13. The molecule has 1 aliphatic rings. The number of nitrogens with zero attached hydrogens (tertiary/aromatic N) is 3. The van der Waals surface area contributed by atoms with Crippen LogP contribution in [0.25, 0.3) is 10.4 Å². The SMILES string of the molecule is COCC1(c2ccc(CN=[N+]=[N-])cc2)CC1. The van der Waals surface area contributed by atoms with Gasteiger partial charge in [0.15, 0.2) is 0 Å². The van der Waals surface area contributed by atoms with Crippen molar-refractivity contribution in [3.63, 3.8) is 0 Å². The van der Waals surface area contributed by atoms with Crippen LogP contribution < -0.4 is 0 Å². The lowest BCUT2D eigenvalue weighted by Crippen LogP contribution is -2.13. The third kappa shape index (κ3) is 2.18. The number of hydrogen-bond donors (Lipinski definition) is 0. The van der Waals surface area contributed by atoms with E-state index in [2.05, 4.69) is 22.2 Å². The zero-order valence-corrected chi connectivity index (χ0v) is 9.39. The molecule has 0 N–H and O–H groups in total. The van der Waals surface area contributed by atoms with Gasteiger partial charge in [0.25, 0.3) is 0 Å². The molecule has 4 heteroatoms. The first-order valence-corrected chi connectivity index (χ1v) is 5.40. The average molecular weight is 217 g/mol. The fourth-order valence-corrected chi connectivity index (χ4v) is 2.02. The molecule has 1 fully saturated rings. The molecule has 0 aromatic heterocycles. The van der Waals surface area contributed by atoms with Crippen LogP contribution in [0.3, 0.4) is 0 Å². The summed E-state index contributed by atoms with van der Waals surface area (Å²) in [6.07, 6.45) is 2.41. The summed E-state index contributed by atoms with van der Waals surface area (Å²) in [6, 6.07) is 8.29. The van der Waals surface area contributed by atoms with E-state index in [1.165, 1.54) is 18.4 Å². The number of ether oxygens (including phenoxy) is 1. The highest BCUT2D eigenvalue weighted by Gasteiger charge is 2.44. The molecular weight excluding hydrogens is 202 g/mol. The Morgan fingerprint density at radius 3 is 2.56 bits per heavy atom. The summed E-state index contributed by atoms with van der Waals surface area (Å²) < 4.78 is 5.25. The summed E-state index contributed by atoms with van der Waals surface area (Å²) in [6.45, 7) is 1.22. The number of methoxy groups -OCH3 is 1. The zero-order chi connectivity index (χ0) is 11.4. The van der Waals surface area contributed by atoms with Crippen molar-refractivity contribution in [2.45, 2.75) is 24.8 Å². The lowest BCUT2D eigenvalue weighted by Gasteiger charge is -2.14. The van der Waals surface area contributed by atoms with Crippen LogP contribution in [-0.2, 0) is 16.7 Å². The van der Waals surface area contributed by atoms with Crippen molar-refractivity contribution in [3.8, 4) is 0 Å². The molecule has 1 aromatic carbocycles. The van der Waals surface area contributed by atoms with Crippen molar-refractivity contribution in [3.05, 3.63) is 45.8 Å². The van der Waals surface area contributed by atoms with Gasteiger partial charge in [-0.05, 0) is 29.5 Å². The first-order chi connectivity index (χ1) is 7.80. The molecule has 84 valence electrons. The van der Waals surface area contributed by atoms with Crippen molar-refractivity contribution >= 4 is 0 Å². The van der Waals surface area contributed by atoms with Gasteiger partial charge in [0.05, 0.1) is 13.2 Å². The van der Waals surface area contributed by atoms with Gasteiger partial charge in [-0.1, -0.05) is 29.4 Å². The maximum absolute atomic E-state index is 8.23. The number of azide groups is 1. The largest absolute Gasteiger partial charge is 0.384 e. The maximum Gasteiger partial charge on any atom is 0.0559 e. The minimum absolute atomic E-state index is 0.256. The second kappa shape index (κ2) is 4.56. The Labute approximate surface area is 94.9 Å². The fourth-order valence-electron chi connectivity index (χ4n) is 2.02. The fraction of sp³-hybridized carbons (Fsp3) is 0.500. The minimum Gasteiger partial charge on any atom is -0.384 e. The molecule has 0 saturated heterocycles. The summed E-state index contributed by atoms with van der Waals surface area (Å²) in [4.78, 5) is 2.75. The zero-order valence-electron chi connectivity index (χ0n) is 9.39. The van der Waals surface area contributed by atoms with Crippen molar-refractivity contribution in [1.29, 1.82) is 0 Å². The van der Waals surface area contributed by atoms with Crippen LogP contribution in [-0.4, -0.2) is 13.7 Å². The van der Waals surface area contributed by atoms with Crippen molar-refractivity contribution in [1.82, 2.24) is 0 Å². The lowest BCUT2D eigenvalue weighted by atomic mass is 9.96. The van der Waals surface area contributed by atoms with E-state index in [9.17, 15) is 0 Å². The van der Waals surface area contributed by atoms with E-state index in [-0.39, 0.29) is 5.41 Å². The first-order valence-electron chi connectivity index (χ1n) is 5.40. The Morgan fingerprint density at radius 2 is 2.06 bits per heavy atom. The smallest absolute Gasteiger partial charge is 0.0559 e. The van der Waals surface area contributed by atoms with Crippen LogP contribution in [0.5, 0.6) is 0 Å². The van der Waals surface area contributed by atoms with E-state index >= 15 is 0 Å². The van der Waals surface area contributed by atoms with Gasteiger partial charge >= 0.3 is 0 Å². The molecule has 0 heterocycles. The molecular formula is C12H15N3O. The van der Waals surface area contributed by atoms with Gasteiger partial charge in [-0.15, -0.1) is 0 Å². The van der Waals surface area contributed by atoms with E-state index in [1.54, 1.807) is 7.11 Å². The van der Waals surface area contributed by atoms with Gasteiger partial charge < -0.3 is 4.74 Å². The van der Waals surface area contributed by atoms with Crippen LogP contribution in [0.4, 0.5) is 0 Å². The first kappa shape index (κ1) is 11.0. The molecule has 1 saturated carbocycles. The van der Waals surface area contributed by atoms with Gasteiger partial charge in [-0.2, -0.15) is 0 Å². The van der Waals surface area contributed by atoms with Crippen LogP contribution in [0.1, 0.15) is 24.0 Å². The third-order valence-corrected chi connectivity index (χ3v) is 3.16. The predicted molar refractivity (Wildman–Crippen MR) is 62.1 cm³/mol. The van der Waals surface area contributed by atoms with E-state index in [0.29, 0.717) is 6.54 Å². The molecule has 0 amide bonds. The second-order valence-corrected chi connectivity index (χ2v) is 4.30. The van der Waals surface area contributed by atoms with E-state index in [4.69, 9.17) is 10.3 Å². The van der Waals surface area contributed by atoms with Gasteiger partial charge in [-0.25, -0.2) is 0 Å². The van der Waals surface area contributed by atoms with E-state index < -0.39 is 0 Å². The lowest BCUT2D eigenvalue weighted by molar-refractivity contribution is 0.171. The van der Waals surface area contributed by atoms with Gasteiger partial charge in [0.1, 0.15) is 0 Å². The summed E-state index contributed by atoms with van der Waals surface area (Å²) in [5.74, 6) is 0. The predicted octanol–water partition coefficient (Wildman–Crippen LogP) is 3.17. The molecule has 0 spiro atoms. The second-order valence-electron chi connectivity index (χ2n) is 4.30. The van der Waals surface area contributed by atoms with Crippen molar-refractivity contribution in [2.75, 3.05) is 13.7 Å². The molecule has 16 heavy (non-hydrogen) atoms. The van der Waals surface area contributed by atoms with Crippen LogP contribution in [0.15, 0.2) is 29.4 Å². The summed E-state index contributed by atoms with van der Waals surface area (Å²) >= 11 is 0. The molecule has 1 aromatic rings. The number of benzene rings is 1. The van der Waals surface area contributed by atoms with Gasteiger partial charge in [0.2, 0.25) is 0 Å². The molecule has 0 aliphatic heterocycles. The van der Waals surface area contributed by atoms with Crippen LogP contribution in [0, 0.1) is 0 Å². The summed E-state index contributed by atoms with van der Waals surface area (Å²) in [7, 11) is 1.75. The summed E-state index contributed by atoms with van der Waals surface area (Å²) in [5.41, 5.74) is 10.9. The Balaban J connectivity index is 2.10. The minimum atomic E-state index is 0.256. The van der Waals surface area contributed by atoms with Crippen LogP contribution >= 0.6 is 0 Å². The monoisotopic (exact) mass is 217 g/mol. The normalized spacial score (nSPS) is 16.6. The standard InChI is InChI=1S/C12H15N3O/c1-16-9-12(6-7-12)11-4-2-10(3-5-11)8-14-15-13/h2-5H,6-9H2,1H3. The molecule has 0 bridgehead atoms. The van der Waals surface area contributed by atoms with Gasteiger partial charge in [0, 0.05) is 17.4 Å².